The first-order valence-corrected chi connectivity index (χ1v) is 6.02. The Morgan fingerprint density at radius 2 is 2.12 bits per heavy atom. The van der Waals surface area contributed by atoms with Crippen LogP contribution < -0.4 is 10.6 Å². The summed E-state index contributed by atoms with van der Waals surface area (Å²) in [6, 6.07) is 3.16. The molecule has 17 heavy (non-hydrogen) atoms. The van der Waals surface area contributed by atoms with Crippen LogP contribution in [0, 0.1) is 5.92 Å². The van der Waals surface area contributed by atoms with Gasteiger partial charge in [-0.2, -0.15) is 0 Å². The molecule has 0 aromatic carbocycles. The SMILES string of the molecule is CC(C)CNC(=O)C(C)Nc1ccc(Cl)cn1. The molecule has 0 bridgehead atoms. The average molecular weight is 256 g/mol. The molecule has 1 amide bonds. The van der Waals surface area contributed by atoms with Crippen molar-refractivity contribution in [2.45, 2.75) is 26.8 Å². The number of nitrogens with one attached hydrogen (secondary N) is 2. The highest BCUT2D eigenvalue weighted by atomic mass is 35.5. The van der Waals surface area contributed by atoms with Crippen LogP contribution >= 0.6 is 11.6 Å². The number of hydrogen-bond acceptors (Lipinski definition) is 3. The Labute approximate surface area is 107 Å². The molecule has 0 saturated heterocycles. The maximum Gasteiger partial charge on any atom is 0.242 e. The number of nitrogens with zero attached hydrogens (tertiary/aromatic N) is 1. The molecule has 4 nitrogen and oxygen atoms in total. The quantitative estimate of drug-likeness (QED) is 0.849. The Kier molecular flexibility index (Phi) is 5.22. The topological polar surface area (TPSA) is 54.0 Å². The molecule has 1 rings (SSSR count). The van der Waals surface area contributed by atoms with Crippen molar-refractivity contribution < 1.29 is 4.79 Å². The largest absolute Gasteiger partial charge is 0.359 e. The van der Waals surface area contributed by atoms with Gasteiger partial charge >= 0.3 is 0 Å². The minimum atomic E-state index is -0.317. The molecule has 94 valence electrons. The first-order chi connectivity index (χ1) is 7.99. The Morgan fingerprint density at radius 3 is 2.65 bits per heavy atom. The molecule has 0 spiro atoms. The molecule has 1 aromatic rings. The zero-order valence-electron chi connectivity index (χ0n) is 10.3. The highest BCUT2D eigenvalue weighted by molar-refractivity contribution is 6.30. The summed E-state index contributed by atoms with van der Waals surface area (Å²) in [5, 5.41) is 6.45. The minimum absolute atomic E-state index is 0.0320. The molecular formula is C12H18ClN3O. The van der Waals surface area contributed by atoms with E-state index in [1.165, 1.54) is 0 Å². The second kappa shape index (κ2) is 6.45. The van der Waals surface area contributed by atoms with Gasteiger partial charge in [0.15, 0.2) is 0 Å². The Bertz CT molecular complexity index is 365. The van der Waals surface area contributed by atoms with Crippen molar-refractivity contribution >= 4 is 23.3 Å². The van der Waals surface area contributed by atoms with Gasteiger partial charge in [-0.25, -0.2) is 4.98 Å². The van der Waals surface area contributed by atoms with Crippen molar-refractivity contribution in [1.82, 2.24) is 10.3 Å². The molecule has 0 aliphatic carbocycles. The monoisotopic (exact) mass is 255 g/mol. The van der Waals surface area contributed by atoms with Crippen LogP contribution in [0.2, 0.25) is 5.02 Å². The van der Waals surface area contributed by atoms with E-state index in [9.17, 15) is 4.79 Å². The minimum Gasteiger partial charge on any atom is -0.359 e. The fraction of sp³-hybridized carbons (Fsp3) is 0.500. The molecule has 1 unspecified atom stereocenters. The van der Waals surface area contributed by atoms with Crippen LogP contribution in [0.4, 0.5) is 5.82 Å². The molecule has 0 radical (unpaired) electrons. The summed E-state index contributed by atoms with van der Waals surface area (Å²) in [5.74, 6) is 1.05. The summed E-state index contributed by atoms with van der Waals surface area (Å²) in [5.41, 5.74) is 0. The van der Waals surface area contributed by atoms with Crippen LogP contribution in [0.15, 0.2) is 18.3 Å². The summed E-state index contributed by atoms with van der Waals surface area (Å²) >= 11 is 5.73. The van der Waals surface area contributed by atoms with E-state index in [1.807, 2.05) is 0 Å². The van der Waals surface area contributed by atoms with E-state index in [0.717, 1.165) is 0 Å². The van der Waals surface area contributed by atoms with E-state index in [4.69, 9.17) is 11.6 Å². The summed E-state index contributed by atoms with van der Waals surface area (Å²) in [6.07, 6.45) is 1.54. The van der Waals surface area contributed by atoms with Crippen molar-refractivity contribution in [3.05, 3.63) is 23.4 Å². The Balaban J connectivity index is 2.45. The van der Waals surface area contributed by atoms with Crippen molar-refractivity contribution in [2.24, 2.45) is 5.92 Å². The number of amides is 1. The lowest BCUT2D eigenvalue weighted by Crippen LogP contribution is -2.39. The van der Waals surface area contributed by atoms with Gasteiger partial charge in [-0.15, -0.1) is 0 Å². The van der Waals surface area contributed by atoms with E-state index in [0.29, 0.717) is 23.3 Å². The molecule has 1 aromatic heterocycles. The number of aromatic nitrogens is 1. The summed E-state index contributed by atoms with van der Waals surface area (Å²) < 4.78 is 0. The number of pyridine rings is 1. The van der Waals surface area contributed by atoms with Gasteiger partial charge in [0.05, 0.1) is 5.02 Å². The third-order valence-electron chi connectivity index (χ3n) is 2.17. The first kappa shape index (κ1) is 13.8. The lowest BCUT2D eigenvalue weighted by molar-refractivity contribution is -0.121. The van der Waals surface area contributed by atoms with Gasteiger partial charge in [0.1, 0.15) is 11.9 Å². The normalized spacial score (nSPS) is 12.3. The Hall–Kier alpha value is -1.29. The summed E-state index contributed by atoms with van der Waals surface area (Å²) in [4.78, 5) is 15.8. The lowest BCUT2D eigenvalue weighted by atomic mass is 10.2. The van der Waals surface area contributed by atoms with Crippen molar-refractivity contribution in [3.8, 4) is 0 Å². The molecule has 0 saturated carbocycles. The van der Waals surface area contributed by atoms with Crippen LogP contribution in [0.3, 0.4) is 0 Å². The molecule has 1 heterocycles. The molecule has 5 heteroatoms. The van der Waals surface area contributed by atoms with Crippen molar-refractivity contribution in [2.75, 3.05) is 11.9 Å². The predicted molar refractivity (Wildman–Crippen MR) is 70.2 cm³/mol. The van der Waals surface area contributed by atoms with Gasteiger partial charge in [-0.3, -0.25) is 4.79 Å². The van der Waals surface area contributed by atoms with E-state index in [2.05, 4.69) is 29.5 Å². The molecule has 0 fully saturated rings. The van der Waals surface area contributed by atoms with E-state index >= 15 is 0 Å². The maximum atomic E-state index is 11.7. The first-order valence-electron chi connectivity index (χ1n) is 5.65. The number of anilines is 1. The summed E-state index contributed by atoms with van der Waals surface area (Å²) in [6.45, 7) is 6.59. The van der Waals surface area contributed by atoms with Crippen molar-refractivity contribution in [1.29, 1.82) is 0 Å². The smallest absolute Gasteiger partial charge is 0.242 e. The van der Waals surface area contributed by atoms with Crippen molar-refractivity contribution in [3.63, 3.8) is 0 Å². The molecule has 2 N–H and O–H groups in total. The van der Waals surface area contributed by atoms with Crippen LogP contribution in [0.1, 0.15) is 20.8 Å². The molecule has 0 aliphatic heterocycles. The maximum absolute atomic E-state index is 11.7. The molecule has 1 atom stereocenters. The third-order valence-corrected chi connectivity index (χ3v) is 2.39. The van der Waals surface area contributed by atoms with Gasteiger partial charge in [0.2, 0.25) is 5.91 Å². The highest BCUT2D eigenvalue weighted by Gasteiger charge is 2.12. The fourth-order valence-corrected chi connectivity index (χ4v) is 1.32. The molecular weight excluding hydrogens is 238 g/mol. The highest BCUT2D eigenvalue weighted by Crippen LogP contribution is 2.10. The lowest BCUT2D eigenvalue weighted by Gasteiger charge is -2.15. The third kappa shape index (κ3) is 5.04. The fourth-order valence-electron chi connectivity index (χ4n) is 1.21. The number of carbonyl (C=O) groups excluding carboxylic acids is 1. The van der Waals surface area contributed by atoms with Crippen LogP contribution in [-0.2, 0) is 4.79 Å². The predicted octanol–water partition coefficient (Wildman–Crippen LogP) is 2.31. The van der Waals surface area contributed by atoms with E-state index in [-0.39, 0.29) is 11.9 Å². The summed E-state index contributed by atoms with van der Waals surface area (Å²) in [7, 11) is 0. The molecule has 0 aliphatic rings. The number of halogens is 1. The van der Waals surface area contributed by atoms with E-state index < -0.39 is 0 Å². The number of hydrogen-bond donors (Lipinski definition) is 2. The van der Waals surface area contributed by atoms with Gasteiger partial charge in [0.25, 0.3) is 0 Å². The van der Waals surface area contributed by atoms with E-state index in [1.54, 1.807) is 25.3 Å². The Morgan fingerprint density at radius 1 is 1.41 bits per heavy atom. The van der Waals surface area contributed by atoms with Gasteiger partial charge in [-0.05, 0) is 25.0 Å². The van der Waals surface area contributed by atoms with Crippen LogP contribution in [-0.4, -0.2) is 23.5 Å². The standard InChI is InChI=1S/C12H18ClN3O/c1-8(2)6-15-12(17)9(3)16-11-5-4-10(13)7-14-11/h4-5,7-9H,6H2,1-3H3,(H,14,16)(H,15,17). The van der Waals surface area contributed by atoms with Crippen LogP contribution in [0.5, 0.6) is 0 Å². The zero-order valence-corrected chi connectivity index (χ0v) is 11.1. The van der Waals surface area contributed by atoms with Gasteiger partial charge in [0, 0.05) is 12.7 Å². The second-order valence-electron chi connectivity index (χ2n) is 4.37. The zero-order chi connectivity index (χ0) is 12.8. The van der Waals surface area contributed by atoms with Gasteiger partial charge in [-0.1, -0.05) is 25.4 Å². The second-order valence-corrected chi connectivity index (χ2v) is 4.80. The van der Waals surface area contributed by atoms with Gasteiger partial charge < -0.3 is 10.6 Å². The number of rotatable bonds is 5. The average Bonchev–Trinajstić information content (AvgIpc) is 2.28. The number of carbonyl (C=O) groups is 1. The van der Waals surface area contributed by atoms with Crippen LogP contribution in [0.25, 0.3) is 0 Å².